The van der Waals surface area contributed by atoms with E-state index in [9.17, 15) is 9.59 Å². The maximum atomic E-state index is 12.0. The Labute approximate surface area is 175 Å². The predicted octanol–water partition coefficient (Wildman–Crippen LogP) is 3.50. The van der Waals surface area contributed by atoms with Crippen LogP contribution in [0.25, 0.3) is 0 Å². The zero-order chi connectivity index (χ0) is 20.5. The molecule has 0 aliphatic carbocycles. The van der Waals surface area contributed by atoms with Crippen LogP contribution in [0.4, 0.5) is 0 Å². The van der Waals surface area contributed by atoms with Crippen molar-refractivity contribution in [2.45, 2.75) is 6.54 Å². The molecule has 0 saturated heterocycles. The van der Waals surface area contributed by atoms with Crippen LogP contribution in [-0.2, 0) is 11.3 Å². The summed E-state index contributed by atoms with van der Waals surface area (Å²) >= 11 is 3.32. The van der Waals surface area contributed by atoms with Gasteiger partial charge in [0.15, 0.2) is 6.61 Å². The number of nitrogens with zero attached hydrogens (tertiary/aromatic N) is 1. The second-order valence-corrected chi connectivity index (χ2v) is 6.84. The standard InChI is InChI=1S/C21H18BrN3O4/c22-17-7-5-16(6-8-17)21(27)25-24-12-15-3-9-18(10-4-15)29-14-20(26)23-13-19-2-1-11-28-19/h1-12H,13-14H2,(H,23,26)(H,25,27)/b24-12+. The molecule has 2 aromatic carbocycles. The summed E-state index contributed by atoms with van der Waals surface area (Å²) in [4.78, 5) is 23.8. The van der Waals surface area contributed by atoms with Crippen molar-refractivity contribution < 1.29 is 18.7 Å². The van der Waals surface area contributed by atoms with Crippen molar-refractivity contribution in [2.24, 2.45) is 5.10 Å². The van der Waals surface area contributed by atoms with Crippen molar-refractivity contribution in [1.82, 2.24) is 10.7 Å². The van der Waals surface area contributed by atoms with E-state index in [0.717, 1.165) is 10.0 Å². The molecule has 0 aliphatic rings. The van der Waals surface area contributed by atoms with Gasteiger partial charge in [-0.3, -0.25) is 9.59 Å². The topological polar surface area (TPSA) is 92.9 Å². The zero-order valence-corrected chi connectivity index (χ0v) is 16.9. The van der Waals surface area contributed by atoms with Crippen molar-refractivity contribution in [1.29, 1.82) is 0 Å². The lowest BCUT2D eigenvalue weighted by atomic mass is 10.2. The molecule has 0 aliphatic heterocycles. The number of ether oxygens (including phenoxy) is 1. The van der Waals surface area contributed by atoms with E-state index in [2.05, 4.69) is 31.8 Å². The molecule has 0 saturated carbocycles. The van der Waals surface area contributed by atoms with Gasteiger partial charge >= 0.3 is 0 Å². The van der Waals surface area contributed by atoms with Gasteiger partial charge in [0.25, 0.3) is 11.8 Å². The minimum Gasteiger partial charge on any atom is -0.484 e. The third-order valence-corrected chi connectivity index (χ3v) is 4.30. The fraction of sp³-hybridized carbons (Fsp3) is 0.0952. The van der Waals surface area contributed by atoms with Crippen molar-refractivity contribution in [2.75, 3.05) is 6.61 Å². The monoisotopic (exact) mass is 455 g/mol. The van der Waals surface area contributed by atoms with Gasteiger partial charge < -0.3 is 14.5 Å². The van der Waals surface area contributed by atoms with Crippen molar-refractivity contribution in [3.8, 4) is 5.75 Å². The second kappa shape index (κ2) is 10.2. The quantitative estimate of drug-likeness (QED) is 0.401. The van der Waals surface area contributed by atoms with E-state index < -0.39 is 0 Å². The number of halogens is 1. The molecule has 0 fully saturated rings. The molecule has 3 aromatic rings. The molecule has 1 aromatic heterocycles. The minimum absolute atomic E-state index is 0.0998. The summed E-state index contributed by atoms with van der Waals surface area (Å²) in [5, 5.41) is 6.64. The Morgan fingerprint density at radius 1 is 1.07 bits per heavy atom. The van der Waals surface area contributed by atoms with Gasteiger partial charge in [-0.15, -0.1) is 0 Å². The molecule has 1 heterocycles. The SMILES string of the molecule is O=C(COc1ccc(/C=N/NC(=O)c2ccc(Br)cc2)cc1)NCc1ccco1. The maximum Gasteiger partial charge on any atom is 0.271 e. The zero-order valence-electron chi connectivity index (χ0n) is 15.3. The third kappa shape index (κ3) is 6.62. The first-order chi connectivity index (χ1) is 14.1. The number of benzene rings is 2. The number of amides is 2. The van der Waals surface area contributed by atoms with Gasteiger partial charge in [-0.05, 0) is 66.2 Å². The fourth-order valence-corrected chi connectivity index (χ4v) is 2.54. The predicted molar refractivity (Wildman–Crippen MR) is 112 cm³/mol. The number of carbonyl (C=O) groups excluding carboxylic acids is 2. The van der Waals surface area contributed by atoms with Crippen LogP contribution in [0.2, 0.25) is 0 Å². The van der Waals surface area contributed by atoms with Crippen LogP contribution in [0.15, 0.2) is 80.9 Å². The van der Waals surface area contributed by atoms with Gasteiger partial charge in [0, 0.05) is 10.0 Å². The van der Waals surface area contributed by atoms with Crippen molar-refractivity contribution in [3.63, 3.8) is 0 Å². The molecule has 0 radical (unpaired) electrons. The lowest BCUT2D eigenvalue weighted by Crippen LogP contribution is -2.28. The minimum atomic E-state index is -0.297. The molecule has 2 N–H and O–H groups in total. The molecule has 0 unspecified atom stereocenters. The van der Waals surface area contributed by atoms with E-state index in [0.29, 0.717) is 23.6 Å². The summed E-state index contributed by atoms with van der Waals surface area (Å²) in [5.41, 5.74) is 3.76. The number of carbonyl (C=O) groups is 2. The highest BCUT2D eigenvalue weighted by molar-refractivity contribution is 9.10. The first-order valence-corrected chi connectivity index (χ1v) is 9.50. The molecule has 29 heavy (non-hydrogen) atoms. The average molecular weight is 456 g/mol. The van der Waals surface area contributed by atoms with Gasteiger partial charge in [0.2, 0.25) is 0 Å². The summed E-state index contributed by atoms with van der Waals surface area (Å²) < 4.78 is 11.5. The highest BCUT2D eigenvalue weighted by Crippen LogP contribution is 2.12. The van der Waals surface area contributed by atoms with Crippen LogP contribution in [0.3, 0.4) is 0 Å². The molecule has 0 spiro atoms. The number of hydrogen-bond donors (Lipinski definition) is 2. The van der Waals surface area contributed by atoms with E-state index in [1.807, 2.05) is 0 Å². The van der Waals surface area contributed by atoms with Gasteiger partial charge in [-0.25, -0.2) is 5.43 Å². The lowest BCUT2D eigenvalue weighted by Gasteiger charge is -2.06. The van der Waals surface area contributed by atoms with Gasteiger partial charge in [-0.2, -0.15) is 5.10 Å². The summed E-state index contributed by atoms with van der Waals surface area (Å²) in [7, 11) is 0. The molecule has 0 atom stereocenters. The lowest BCUT2D eigenvalue weighted by molar-refractivity contribution is -0.123. The summed E-state index contributed by atoms with van der Waals surface area (Å²) in [6, 6.07) is 17.5. The van der Waals surface area contributed by atoms with Crippen LogP contribution in [0.5, 0.6) is 5.75 Å². The van der Waals surface area contributed by atoms with E-state index in [1.54, 1.807) is 66.9 Å². The number of hydrogen-bond acceptors (Lipinski definition) is 5. The molecule has 0 bridgehead atoms. The van der Waals surface area contributed by atoms with Gasteiger partial charge in [-0.1, -0.05) is 15.9 Å². The Kier molecular flexibility index (Phi) is 7.18. The second-order valence-electron chi connectivity index (χ2n) is 5.92. The van der Waals surface area contributed by atoms with E-state index >= 15 is 0 Å². The molecule has 7 nitrogen and oxygen atoms in total. The number of furan rings is 1. The van der Waals surface area contributed by atoms with Gasteiger partial charge in [0.05, 0.1) is 19.0 Å². The first-order valence-electron chi connectivity index (χ1n) is 8.71. The van der Waals surface area contributed by atoms with Crippen molar-refractivity contribution in [3.05, 3.63) is 88.3 Å². The molecule has 3 rings (SSSR count). The van der Waals surface area contributed by atoms with Crippen LogP contribution in [0.1, 0.15) is 21.7 Å². The van der Waals surface area contributed by atoms with E-state index in [4.69, 9.17) is 9.15 Å². The van der Waals surface area contributed by atoms with Crippen LogP contribution in [-0.4, -0.2) is 24.6 Å². The Balaban J connectivity index is 1.42. The first kappa shape index (κ1) is 20.3. The van der Waals surface area contributed by atoms with E-state index in [-0.39, 0.29) is 18.4 Å². The van der Waals surface area contributed by atoms with E-state index in [1.165, 1.54) is 6.21 Å². The van der Waals surface area contributed by atoms with Crippen LogP contribution >= 0.6 is 15.9 Å². The maximum absolute atomic E-state index is 12.0. The summed E-state index contributed by atoms with van der Waals surface area (Å²) in [6.07, 6.45) is 3.08. The highest BCUT2D eigenvalue weighted by atomic mass is 79.9. The summed E-state index contributed by atoms with van der Waals surface area (Å²) in [6.45, 7) is 0.216. The third-order valence-electron chi connectivity index (χ3n) is 3.78. The fourth-order valence-electron chi connectivity index (χ4n) is 2.28. The molecule has 8 heteroatoms. The Morgan fingerprint density at radius 2 is 1.83 bits per heavy atom. The van der Waals surface area contributed by atoms with Gasteiger partial charge in [0.1, 0.15) is 11.5 Å². The number of hydrazone groups is 1. The number of nitrogens with one attached hydrogen (secondary N) is 2. The number of rotatable bonds is 8. The normalized spacial score (nSPS) is 10.7. The summed E-state index contributed by atoms with van der Waals surface area (Å²) in [5.74, 6) is 0.681. The molecular weight excluding hydrogens is 438 g/mol. The molecular formula is C21H18BrN3O4. The smallest absolute Gasteiger partial charge is 0.271 e. The van der Waals surface area contributed by atoms with Crippen LogP contribution < -0.4 is 15.5 Å². The Morgan fingerprint density at radius 3 is 2.52 bits per heavy atom. The largest absolute Gasteiger partial charge is 0.484 e. The molecule has 148 valence electrons. The highest BCUT2D eigenvalue weighted by Gasteiger charge is 2.05. The average Bonchev–Trinajstić information content (AvgIpc) is 3.26. The molecule has 2 amide bonds. The van der Waals surface area contributed by atoms with Crippen LogP contribution in [0, 0.1) is 0 Å². The Bertz CT molecular complexity index is 968. The Hall–Kier alpha value is -3.39. The van der Waals surface area contributed by atoms with Crippen molar-refractivity contribution >= 4 is 34.0 Å².